The largest absolute Gasteiger partial charge is 0.492 e. The maximum atomic E-state index is 12.8. The van der Waals surface area contributed by atoms with Crippen LogP contribution in [0.4, 0.5) is 0 Å². The topological polar surface area (TPSA) is 67.3 Å². The SMILES string of the molecule is C=C/C=C(\C=C)OCCn1[nH]c2c(c1=O)CCN(S(=O)c1ccc(C)cc1)C2. The molecule has 148 valence electrons. The van der Waals surface area contributed by atoms with Crippen LogP contribution in [0.2, 0.25) is 0 Å². The number of aromatic nitrogens is 2. The fourth-order valence-corrected chi connectivity index (χ4v) is 4.27. The van der Waals surface area contributed by atoms with Gasteiger partial charge in [0.1, 0.15) is 23.4 Å². The molecule has 0 bridgehead atoms. The molecule has 3 rings (SSSR count). The number of H-pyrrole nitrogens is 1. The monoisotopic (exact) mass is 399 g/mol. The van der Waals surface area contributed by atoms with Crippen LogP contribution >= 0.6 is 0 Å². The lowest BCUT2D eigenvalue weighted by atomic mass is 10.1. The summed E-state index contributed by atoms with van der Waals surface area (Å²) in [5.74, 6) is 0.610. The highest BCUT2D eigenvalue weighted by molar-refractivity contribution is 7.82. The van der Waals surface area contributed by atoms with Crippen LogP contribution in [-0.2, 0) is 35.2 Å². The number of rotatable bonds is 8. The van der Waals surface area contributed by atoms with E-state index in [0.717, 1.165) is 21.7 Å². The molecule has 28 heavy (non-hydrogen) atoms. The molecule has 0 radical (unpaired) electrons. The van der Waals surface area contributed by atoms with E-state index in [2.05, 4.69) is 18.3 Å². The maximum absolute atomic E-state index is 12.8. The van der Waals surface area contributed by atoms with Crippen molar-refractivity contribution in [2.75, 3.05) is 13.2 Å². The second kappa shape index (κ2) is 9.03. The predicted molar refractivity (Wildman–Crippen MR) is 111 cm³/mol. The lowest BCUT2D eigenvalue weighted by Gasteiger charge is -2.24. The van der Waals surface area contributed by atoms with E-state index in [9.17, 15) is 9.00 Å². The van der Waals surface area contributed by atoms with Crippen LogP contribution in [0.25, 0.3) is 0 Å². The number of allylic oxidation sites excluding steroid dienone is 3. The van der Waals surface area contributed by atoms with Crippen molar-refractivity contribution in [3.63, 3.8) is 0 Å². The van der Waals surface area contributed by atoms with Crippen molar-refractivity contribution in [2.45, 2.75) is 31.3 Å². The fourth-order valence-electron chi connectivity index (χ4n) is 3.10. The fraction of sp³-hybridized carbons (Fsp3) is 0.286. The molecule has 0 saturated carbocycles. The van der Waals surface area contributed by atoms with E-state index in [-0.39, 0.29) is 5.56 Å². The van der Waals surface area contributed by atoms with Gasteiger partial charge in [-0.2, -0.15) is 0 Å². The number of fused-ring (bicyclic) bond motifs is 1. The van der Waals surface area contributed by atoms with Crippen LogP contribution in [0, 0.1) is 6.92 Å². The molecular weight excluding hydrogens is 374 g/mol. The first-order chi connectivity index (χ1) is 13.5. The Hall–Kier alpha value is -2.64. The van der Waals surface area contributed by atoms with Gasteiger partial charge < -0.3 is 4.74 Å². The smallest absolute Gasteiger partial charge is 0.270 e. The molecule has 2 aromatic rings. The third-order valence-electron chi connectivity index (χ3n) is 4.61. The average Bonchev–Trinajstić information content (AvgIpc) is 3.02. The summed E-state index contributed by atoms with van der Waals surface area (Å²) < 4.78 is 21.9. The normalized spacial score (nSPS) is 15.7. The lowest BCUT2D eigenvalue weighted by Crippen LogP contribution is -2.33. The van der Waals surface area contributed by atoms with Crippen molar-refractivity contribution in [3.8, 4) is 0 Å². The van der Waals surface area contributed by atoms with Crippen LogP contribution in [-0.4, -0.2) is 31.4 Å². The van der Waals surface area contributed by atoms with Gasteiger partial charge in [-0.1, -0.05) is 36.9 Å². The van der Waals surface area contributed by atoms with Gasteiger partial charge in [0.15, 0.2) is 0 Å². The Balaban J connectivity index is 1.68. The van der Waals surface area contributed by atoms with Gasteiger partial charge in [0, 0.05) is 12.1 Å². The molecule has 1 N–H and O–H groups in total. The summed E-state index contributed by atoms with van der Waals surface area (Å²) in [5.41, 5.74) is 2.69. The number of aromatic amines is 1. The van der Waals surface area contributed by atoms with Crippen molar-refractivity contribution in [2.24, 2.45) is 0 Å². The lowest BCUT2D eigenvalue weighted by molar-refractivity contribution is 0.206. The van der Waals surface area contributed by atoms with Crippen LogP contribution in [0.5, 0.6) is 0 Å². The number of nitrogens with zero attached hydrogens (tertiary/aromatic N) is 2. The quantitative estimate of drug-likeness (QED) is 0.548. The highest BCUT2D eigenvalue weighted by Crippen LogP contribution is 2.20. The van der Waals surface area contributed by atoms with E-state index in [0.29, 0.717) is 38.4 Å². The van der Waals surface area contributed by atoms with E-state index in [1.54, 1.807) is 22.9 Å². The minimum atomic E-state index is -1.25. The van der Waals surface area contributed by atoms with Crippen LogP contribution in [0.3, 0.4) is 0 Å². The molecule has 1 aromatic heterocycles. The van der Waals surface area contributed by atoms with Gasteiger partial charge in [-0.25, -0.2) is 13.2 Å². The summed E-state index contributed by atoms with van der Waals surface area (Å²) in [6.45, 7) is 11.1. The van der Waals surface area contributed by atoms with Gasteiger partial charge in [0.2, 0.25) is 0 Å². The minimum Gasteiger partial charge on any atom is -0.492 e. The molecule has 1 unspecified atom stereocenters. The van der Waals surface area contributed by atoms with E-state index in [1.807, 2.05) is 35.5 Å². The van der Waals surface area contributed by atoms with E-state index in [1.165, 1.54) is 0 Å². The standard InChI is InChI=1S/C21H25N3O3S/c1-4-6-17(5-2)27-14-13-24-21(25)19-11-12-23(15-20(19)22-24)28(26)18-9-7-16(3)8-10-18/h4-10,22H,1-2,11-15H2,3H3/b17-6+. The number of aryl methyl sites for hydroxylation is 1. The first kappa shape index (κ1) is 20.1. The molecule has 1 aliphatic heterocycles. The Kier molecular flexibility index (Phi) is 6.49. The van der Waals surface area contributed by atoms with Crippen molar-refractivity contribution >= 4 is 11.0 Å². The van der Waals surface area contributed by atoms with Crippen LogP contribution < -0.4 is 5.56 Å². The number of benzene rings is 1. The maximum Gasteiger partial charge on any atom is 0.270 e. The number of nitrogens with one attached hydrogen (secondary N) is 1. The van der Waals surface area contributed by atoms with Gasteiger partial charge in [0.25, 0.3) is 5.56 Å². The first-order valence-electron chi connectivity index (χ1n) is 9.15. The van der Waals surface area contributed by atoms with E-state index in [4.69, 9.17) is 4.74 Å². The molecule has 1 aliphatic rings. The summed E-state index contributed by atoms with van der Waals surface area (Å²) in [7, 11) is -1.25. The van der Waals surface area contributed by atoms with Crippen LogP contribution in [0.15, 0.2) is 71.1 Å². The van der Waals surface area contributed by atoms with E-state index < -0.39 is 11.0 Å². The highest BCUT2D eigenvalue weighted by atomic mass is 32.2. The van der Waals surface area contributed by atoms with Crippen molar-refractivity contribution in [1.82, 2.24) is 14.1 Å². The average molecular weight is 400 g/mol. The molecule has 0 saturated heterocycles. The molecule has 0 aliphatic carbocycles. The predicted octanol–water partition coefficient (Wildman–Crippen LogP) is 2.84. The van der Waals surface area contributed by atoms with Crippen LogP contribution in [0.1, 0.15) is 16.8 Å². The summed E-state index contributed by atoms with van der Waals surface area (Å²) in [6.07, 6.45) is 5.51. The molecule has 0 spiro atoms. The third kappa shape index (κ3) is 4.43. The van der Waals surface area contributed by atoms with Gasteiger partial charge in [-0.3, -0.25) is 9.89 Å². The Labute approximate surface area is 167 Å². The second-order valence-corrected chi connectivity index (χ2v) is 8.04. The second-order valence-electron chi connectivity index (χ2n) is 6.56. The molecule has 1 atom stereocenters. The molecule has 1 aromatic carbocycles. The Morgan fingerprint density at radius 3 is 2.75 bits per heavy atom. The Morgan fingerprint density at radius 1 is 1.32 bits per heavy atom. The Morgan fingerprint density at radius 2 is 2.07 bits per heavy atom. The molecule has 0 fully saturated rings. The molecular formula is C21H25N3O3S. The zero-order chi connectivity index (χ0) is 20.1. The number of hydrogen-bond acceptors (Lipinski definition) is 3. The number of hydrogen-bond donors (Lipinski definition) is 1. The van der Waals surface area contributed by atoms with E-state index >= 15 is 0 Å². The first-order valence-corrected chi connectivity index (χ1v) is 10.3. The van der Waals surface area contributed by atoms with Gasteiger partial charge >= 0.3 is 0 Å². The van der Waals surface area contributed by atoms with Gasteiger partial charge in [-0.05, 0) is 37.6 Å². The Bertz CT molecular complexity index is 970. The summed E-state index contributed by atoms with van der Waals surface area (Å²) in [5, 5.41) is 3.15. The summed E-state index contributed by atoms with van der Waals surface area (Å²) >= 11 is 0. The van der Waals surface area contributed by atoms with Crippen molar-refractivity contribution in [1.29, 1.82) is 0 Å². The summed E-state index contributed by atoms with van der Waals surface area (Å²) in [4.78, 5) is 13.4. The summed E-state index contributed by atoms with van der Waals surface area (Å²) in [6, 6.07) is 7.69. The van der Waals surface area contributed by atoms with Crippen molar-refractivity contribution < 1.29 is 8.95 Å². The zero-order valence-electron chi connectivity index (χ0n) is 16.0. The van der Waals surface area contributed by atoms with Gasteiger partial charge in [-0.15, -0.1) is 0 Å². The molecule has 6 nitrogen and oxygen atoms in total. The molecule has 7 heteroatoms. The number of ether oxygens (including phenoxy) is 1. The minimum absolute atomic E-state index is 0.0350. The third-order valence-corrected chi connectivity index (χ3v) is 6.06. The molecule has 2 heterocycles. The zero-order valence-corrected chi connectivity index (χ0v) is 16.8. The molecule has 0 amide bonds. The van der Waals surface area contributed by atoms with Crippen molar-refractivity contribution in [3.05, 3.63) is 88.6 Å². The highest BCUT2D eigenvalue weighted by Gasteiger charge is 2.26. The van der Waals surface area contributed by atoms with Gasteiger partial charge in [0.05, 0.1) is 23.7 Å².